The van der Waals surface area contributed by atoms with E-state index in [1.807, 2.05) is 6.92 Å². The third kappa shape index (κ3) is 3.75. The second kappa shape index (κ2) is 7.04. The lowest BCUT2D eigenvalue weighted by molar-refractivity contribution is 0.0921. The van der Waals surface area contributed by atoms with Crippen molar-refractivity contribution in [1.82, 2.24) is 0 Å². The number of carbonyl (C=O) groups is 1. The van der Waals surface area contributed by atoms with Crippen LogP contribution in [0, 0.1) is 0 Å². The van der Waals surface area contributed by atoms with E-state index in [0.717, 1.165) is 10.9 Å². The van der Waals surface area contributed by atoms with Crippen LogP contribution in [0.3, 0.4) is 0 Å². The van der Waals surface area contributed by atoms with Gasteiger partial charge in [-0.25, -0.2) is 13.2 Å². The van der Waals surface area contributed by atoms with Crippen LogP contribution >= 0.6 is 0 Å². The zero-order chi connectivity index (χ0) is 20.8. The number of fused-ring (bicyclic) bond motifs is 2. The number of sulfonamides is 1. The van der Waals surface area contributed by atoms with Crippen molar-refractivity contribution >= 4 is 32.5 Å². The molecule has 1 atom stereocenters. The third-order valence-corrected chi connectivity index (χ3v) is 6.15. The molecule has 1 aliphatic heterocycles. The first-order chi connectivity index (χ1) is 13.7. The van der Waals surface area contributed by atoms with Gasteiger partial charge < -0.3 is 9.15 Å². The van der Waals surface area contributed by atoms with Gasteiger partial charge >= 0.3 is 5.63 Å². The molecule has 3 aromatic rings. The zero-order valence-corrected chi connectivity index (χ0v) is 16.7. The second-order valence-corrected chi connectivity index (χ2v) is 8.98. The first-order valence-corrected chi connectivity index (χ1v) is 10.9. The number of hydrogen-bond acceptors (Lipinski definition) is 6. The van der Waals surface area contributed by atoms with Gasteiger partial charge in [0, 0.05) is 29.1 Å². The number of ether oxygens (including phenoxy) is 1. The fourth-order valence-electron chi connectivity index (χ4n) is 3.64. The fraction of sp³-hybridized carbons (Fsp3) is 0.238. The van der Waals surface area contributed by atoms with E-state index in [9.17, 15) is 18.0 Å². The molecule has 4 rings (SSSR count). The van der Waals surface area contributed by atoms with Crippen molar-refractivity contribution in [3.05, 3.63) is 70.1 Å². The molecule has 0 radical (unpaired) electrons. The molecule has 29 heavy (non-hydrogen) atoms. The van der Waals surface area contributed by atoms with Crippen molar-refractivity contribution in [2.24, 2.45) is 0 Å². The van der Waals surface area contributed by atoms with Crippen LogP contribution in [0.2, 0.25) is 0 Å². The molecule has 0 N–H and O–H groups in total. The van der Waals surface area contributed by atoms with Gasteiger partial charge in [0.2, 0.25) is 10.0 Å². The molecule has 0 aliphatic carbocycles. The number of carbonyl (C=O) groups excluding carboxylic acids is 1. The van der Waals surface area contributed by atoms with Gasteiger partial charge in [0.25, 0.3) is 0 Å². The van der Waals surface area contributed by atoms with Crippen LogP contribution in [0.4, 0.5) is 5.69 Å². The third-order valence-electron chi connectivity index (χ3n) is 4.88. The van der Waals surface area contributed by atoms with Crippen LogP contribution in [0.15, 0.2) is 57.7 Å². The van der Waals surface area contributed by atoms with Crippen molar-refractivity contribution in [2.75, 3.05) is 17.2 Å². The summed E-state index contributed by atoms with van der Waals surface area (Å²) < 4.78 is 36.1. The fourth-order valence-corrected chi connectivity index (χ4v) is 4.91. The molecule has 150 valence electrons. The van der Waals surface area contributed by atoms with Gasteiger partial charge in [-0.3, -0.25) is 9.10 Å². The van der Waals surface area contributed by atoms with Gasteiger partial charge in [-0.2, -0.15) is 0 Å². The summed E-state index contributed by atoms with van der Waals surface area (Å²) in [5.41, 5.74) is 1.82. The average Bonchev–Trinajstić information content (AvgIpc) is 3.00. The predicted octanol–water partition coefficient (Wildman–Crippen LogP) is 2.77. The summed E-state index contributed by atoms with van der Waals surface area (Å²) in [6, 6.07) is 12.8. The van der Waals surface area contributed by atoms with E-state index in [4.69, 9.17) is 9.15 Å². The van der Waals surface area contributed by atoms with Gasteiger partial charge in [-0.15, -0.1) is 0 Å². The van der Waals surface area contributed by atoms with Crippen LogP contribution in [0.25, 0.3) is 11.0 Å². The number of Topliss-reactive ketones (excluding diaryl/α,β-unsaturated/α-hetero) is 1. The Balaban J connectivity index is 1.51. The molecule has 8 heteroatoms. The molecule has 0 unspecified atom stereocenters. The van der Waals surface area contributed by atoms with Crippen molar-refractivity contribution in [1.29, 1.82) is 0 Å². The molecule has 0 amide bonds. The Morgan fingerprint density at radius 1 is 1.17 bits per heavy atom. The minimum absolute atomic E-state index is 0.186. The number of nitrogens with zero attached hydrogens (tertiary/aromatic N) is 1. The van der Waals surface area contributed by atoms with E-state index in [-0.39, 0.29) is 18.4 Å². The maximum atomic E-state index is 12.6. The van der Waals surface area contributed by atoms with Crippen molar-refractivity contribution in [2.45, 2.75) is 19.4 Å². The summed E-state index contributed by atoms with van der Waals surface area (Å²) in [5, 5.41) is 0.756. The van der Waals surface area contributed by atoms with Gasteiger partial charge in [0.05, 0.1) is 11.9 Å². The molecule has 0 bridgehead atoms. The topological polar surface area (TPSA) is 93.9 Å². The standard InChI is InChI=1S/C21H19NO6S/c1-13-9-16-10-15(4-7-18(16)22(13)29(2,25)26)19(23)12-27-17-6-3-14-5-8-21(24)28-20(14)11-17/h3-8,10-11,13H,9,12H2,1-2H3/t13-/m1/s1. The number of hydrogen-bond donors (Lipinski definition) is 0. The summed E-state index contributed by atoms with van der Waals surface area (Å²) >= 11 is 0. The monoisotopic (exact) mass is 413 g/mol. The molecular weight excluding hydrogens is 394 g/mol. The predicted molar refractivity (Wildman–Crippen MR) is 109 cm³/mol. The van der Waals surface area contributed by atoms with Crippen molar-refractivity contribution in [3.63, 3.8) is 0 Å². The molecule has 0 saturated heterocycles. The number of benzene rings is 2. The summed E-state index contributed by atoms with van der Waals surface area (Å²) in [5.74, 6) is 0.186. The van der Waals surface area contributed by atoms with E-state index in [1.165, 1.54) is 16.6 Å². The first kappa shape index (κ1) is 19.2. The van der Waals surface area contributed by atoms with Crippen LogP contribution in [-0.2, 0) is 16.4 Å². The molecule has 1 aromatic heterocycles. The zero-order valence-electron chi connectivity index (χ0n) is 15.9. The summed E-state index contributed by atoms with van der Waals surface area (Å²) in [7, 11) is -3.37. The quantitative estimate of drug-likeness (QED) is 0.472. The minimum Gasteiger partial charge on any atom is -0.485 e. The van der Waals surface area contributed by atoms with E-state index in [0.29, 0.717) is 29.0 Å². The normalized spacial score (nSPS) is 16.1. The lowest BCUT2D eigenvalue weighted by atomic mass is 10.0. The highest BCUT2D eigenvalue weighted by Gasteiger charge is 2.32. The Labute approximate surface area is 167 Å². The smallest absolute Gasteiger partial charge is 0.336 e. The van der Waals surface area contributed by atoms with E-state index in [2.05, 4.69) is 0 Å². The maximum Gasteiger partial charge on any atom is 0.336 e. The Kier molecular flexibility index (Phi) is 4.66. The molecule has 0 fully saturated rings. The van der Waals surface area contributed by atoms with Gasteiger partial charge in [0.1, 0.15) is 11.3 Å². The van der Waals surface area contributed by atoms with Crippen LogP contribution < -0.4 is 14.7 Å². The van der Waals surface area contributed by atoms with Gasteiger partial charge in [-0.05, 0) is 55.3 Å². The maximum absolute atomic E-state index is 12.6. The summed E-state index contributed by atoms with van der Waals surface area (Å²) in [4.78, 5) is 23.9. The van der Waals surface area contributed by atoms with E-state index in [1.54, 1.807) is 42.5 Å². The molecular formula is C21H19NO6S. The molecule has 0 saturated carbocycles. The Hall–Kier alpha value is -3.13. The number of anilines is 1. The van der Waals surface area contributed by atoms with Gasteiger partial charge in [0.15, 0.2) is 12.4 Å². The van der Waals surface area contributed by atoms with Crippen LogP contribution in [0.5, 0.6) is 5.75 Å². The van der Waals surface area contributed by atoms with Crippen molar-refractivity contribution < 1.29 is 22.4 Å². The molecule has 1 aliphatic rings. The van der Waals surface area contributed by atoms with Crippen molar-refractivity contribution in [3.8, 4) is 5.75 Å². The van der Waals surface area contributed by atoms with E-state index >= 15 is 0 Å². The lowest BCUT2D eigenvalue weighted by Crippen LogP contribution is -2.34. The Morgan fingerprint density at radius 3 is 2.69 bits per heavy atom. The van der Waals surface area contributed by atoms with Gasteiger partial charge in [-0.1, -0.05) is 0 Å². The number of rotatable bonds is 5. The molecule has 0 spiro atoms. The SMILES string of the molecule is C[C@@H]1Cc2cc(C(=O)COc3ccc4ccc(=O)oc4c3)ccc2N1S(C)(=O)=O. The average molecular weight is 413 g/mol. The second-order valence-electron chi connectivity index (χ2n) is 7.12. The lowest BCUT2D eigenvalue weighted by Gasteiger charge is -2.21. The van der Waals surface area contributed by atoms with Crippen LogP contribution in [-0.4, -0.2) is 33.1 Å². The molecule has 7 nitrogen and oxygen atoms in total. The minimum atomic E-state index is -3.37. The summed E-state index contributed by atoms with van der Waals surface area (Å²) in [6.07, 6.45) is 1.73. The highest BCUT2D eigenvalue weighted by atomic mass is 32.2. The summed E-state index contributed by atoms with van der Waals surface area (Å²) in [6.45, 7) is 1.65. The number of ketones is 1. The van der Waals surface area contributed by atoms with Crippen LogP contribution in [0.1, 0.15) is 22.8 Å². The molecule has 2 aromatic carbocycles. The highest BCUT2D eigenvalue weighted by Crippen LogP contribution is 2.34. The Bertz CT molecular complexity index is 1280. The van der Waals surface area contributed by atoms with E-state index < -0.39 is 15.6 Å². The highest BCUT2D eigenvalue weighted by molar-refractivity contribution is 7.92. The Morgan fingerprint density at radius 2 is 1.93 bits per heavy atom. The largest absolute Gasteiger partial charge is 0.485 e. The molecule has 2 heterocycles. The first-order valence-electron chi connectivity index (χ1n) is 9.04.